The molecular weight excluding hydrogens is 388 g/mol. The maximum atomic E-state index is 12.9. The van der Waals surface area contributed by atoms with Crippen LogP contribution in [0.5, 0.6) is 0 Å². The van der Waals surface area contributed by atoms with Crippen molar-refractivity contribution in [2.24, 2.45) is 5.73 Å². The minimum Gasteiger partial charge on any atom is -0.351 e. The lowest BCUT2D eigenvalue weighted by Gasteiger charge is -2.37. The van der Waals surface area contributed by atoms with Crippen molar-refractivity contribution in [3.05, 3.63) is 65.7 Å². The summed E-state index contributed by atoms with van der Waals surface area (Å²) in [6.07, 6.45) is 3.01. The van der Waals surface area contributed by atoms with Crippen molar-refractivity contribution in [2.75, 3.05) is 31.6 Å². The first-order valence-electron chi connectivity index (χ1n) is 11.1. The van der Waals surface area contributed by atoms with Crippen LogP contribution in [-0.2, 0) is 6.42 Å². The molecule has 1 aliphatic heterocycles. The van der Waals surface area contributed by atoms with Crippen LogP contribution in [0.2, 0.25) is 0 Å². The maximum absolute atomic E-state index is 12.9. The van der Waals surface area contributed by atoms with Gasteiger partial charge < -0.3 is 15.5 Å². The standard InChI is InChI=1S/C25H34N4O2/c1-19(2)29(25(26)31)23-11-9-21(10-12-23)24(30)28-17-14-22(15-18-28)27(3)16-13-20-7-5-4-6-8-20/h4-12,19,22H,13-18H2,1-3H3,(H2,26,31). The molecule has 0 aromatic heterocycles. The van der Waals surface area contributed by atoms with Gasteiger partial charge >= 0.3 is 6.03 Å². The molecule has 0 unspecified atom stereocenters. The first kappa shape index (κ1) is 22.8. The maximum Gasteiger partial charge on any atom is 0.319 e. The van der Waals surface area contributed by atoms with Crippen molar-refractivity contribution >= 4 is 17.6 Å². The number of amides is 3. The molecule has 166 valence electrons. The Morgan fingerprint density at radius 3 is 2.19 bits per heavy atom. The largest absolute Gasteiger partial charge is 0.351 e. The lowest BCUT2D eigenvalue weighted by molar-refractivity contribution is 0.0647. The highest BCUT2D eigenvalue weighted by molar-refractivity contribution is 5.96. The highest BCUT2D eigenvalue weighted by Crippen LogP contribution is 2.21. The fraction of sp³-hybridized carbons (Fsp3) is 0.440. The monoisotopic (exact) mass is 422 g/mol. The quantitative estimate of drug-likeness (QED) is 0.739. The summed E-state index contributed by atoms with van der Waals surface area (Å²) in [6.45, 7) is 6.37. The molecule has 2 aromatic rings. The van der Waals surface area contributed by atoms with Gasteiger partial charge in [-0.3, -0.25) is 9.69 Å². The van der Waals surface area contributed by atoms with Gasteiger partial charge in [-0.2, -0.15) is 0 Å². The molecule has 0 aliphatic carbocycles. The Morgan fingerprint density at radius 1 is 1.03 bits per heavy atom. The zero-order valence-electron chi connectivity index (χ0n) is 18.8. The summed E-state index contributed by atoms with van der Waals surface area (Å²) in [7, 11) is 2.18. The van der Waals surface area contributed by atoms with Crippen LogP contribution in [0.3, 0.4) is 0 Å². The van der Waals surface area contributed by atoms with Crippen LogP contribution in [0.4, 0.5) is 10.5 Å². The van der Waals surface area contributed by atoms with Gasteiger partial charge in [0.25, 0.3) is 5.91 Å². The third-order valence-corrected chi connectivity index (χ3v) is 6.12. The number of likely N-dealkylation sites (tertiary alicyclic amines) is 1. The molecule has 1 saturated heterocycles. The predicted molar refractivity (Wildman–Crippen MR) is 125 cm³/mol. The molecule has 0 spiro atoms. The fourth-order valence-corrected chi connectivity index (χ4v) is 4.27. The second kappa shape index (κ2) is 10.4. The summed E-state index contributed by atoms with van der Waals surface area (Å²) < 4.78 is 0. The van der Waals surface area contributed by atoms with Gasteiger partial charge in [-0.25, -0.2) is 4.79 Å². The topological polar surface area (TPSA) is 69.9 Å². The van der Waals surface area contributed by atoms with Gasteiger partial charge in [0, 0.05) is 43.0 Å². The number of primary amides is 1. The van der Waals surface area contributed by atoms with E-state index < -0.39 is 6.03 Å². The van der Waals surface area contributed by atoms with Crippen LogP contribution in [0.1, 0.15) is 42.6 Å². The molecule has 0 saturated carbocycles. The fourth-order valence-electron chi connectivity index (χ4n) is 4.27. The van der Waals surface area contributed by atoms with E-state index in [9.17, 15) is 9.59 Å². The number of nitrogens with zero attached hydrogens (tertiary/aromatic N) is 3. The van der Waals surface area contributed by atoms with Crippen molar-refractivity contribution in [1.82, 2.24) is 9.80 Å². The van der Waals surface area contributed by atoms with E-state index >= 15 is 0 Å². The lowest BCUT2D eigenvalue weighted by atomic mass is 10.0. The number of hydrogen-bond donors (Lipinski definition) is 1. The van der Waals surface area contributed by atoms with Crippen LogP contribution in [0, 0.1) is 0 Å². The Labute approximate surface area is 185 Å². The summed E-state index contributed by atoms with van der Waals surface area (Å²) in [5.41, 5.74) is 8.20. The zero-order valence-corrected chi connectivity index (χ0v) is 18.8. The van der Waals surface area contributed by atoms with E-state index in [2.05, 4.69) is 36.2 Å². The van der Waals surface area contributed by atoms with E-state index in [0.29, 0.717) is 17.3 Å². The molecule has 6 nitrogen and oxygen atoms in total. The number of likely N-dealkylation sites (N-methyl/N-ethyl adjacent to an activating group) is 1. The summed E-state index contributed by atoms with van der Waals surface area (Å²) in [4.78, 5) is 30.5. The summed E-state index contributed by atoms with van der Waals surface area (Å²) in [6, 6.07) is 17.7. The van der Waals surface area contributed by atoms with Crippen LogP contribution in [0.15, 0.2) is 54.6 Å². The van der Waals surface area contributed by atoms with Gasteiger partial charge in [-0.1, -0.05) is 30.3 Å². The molecule has 2 aromatic carbocycles. The lowest BCUT2D eigenvalue weighted by Crippen LogP contribution is -2.46. The van der Waals surface area contributed by atoms with Crippen LogP contribution in [-0.4, -0.2) is 60.5 Å². The molecule has 31 heavy (non-hydrogen) atoms. The Hall–Kier alpha value is -2.86. The number of piperidine rings is 1. The number of urea groups is 1. The van der Waals surface area contributed by atoms with E-state index in [1.165, 1.54) is 10.5 Å². The molecule has 3 amide bonds. The molecule has 3 rings (SSSR count). The molecule has 0 bridgehead atoms. The molecule has 6 heteroatoms. The highest BCUT2D eigenvalue weighted by atomic mass is 16.2. The van der Waals surface area contributed by atoms with Gasteiger partial charge in [0.05, 0.1) is 0 Å². The smallest absolute Gasteiger partial charge is 0.319 e. The van der Waals surface area contributed by atoms with Crippen molar-refractivity contribution in [3.63, 3.8) is 0 Å². The van der Waals surface area contributed by atoms with Crippen molar-refractivity contribution in [1.29, 1.82) is 0 Å². The van der Waals surface area contributed by atoms with Crippen LogP contribution >= 0.6 is 0 Å². The van der Waals surface area contributed by atoms with Gasteiger partial charge in [-0.05, 0) is 70.0 Å². The minimum absolute atomic E-state index is 0.0445. The molecule has 1 fully saturated rings. The van der Waals surface area contributed by atoms with Gasteiger partial charge in [-0.15, -0.1) is 0 Å². The zero-order chi connectivity index (χ0) is 22.4. The molecule has 0 atom stereocenters. The molecule has 2 N–H and O–H groups in total. The summed E-state index contributed by atoms with van der Waals surface area (Å²) >= 11 is 0. The predicted octanol–water partition coefficient (Wildman–Crippen LogP) is 3.76. The van der Waals surface area contributed by atoms with E-state index in [-0.39, 0.29) is 11.9 Å². The SMILES string of the molecule is CC(C)N(C(N)=O)c1ccc(C(=O)N2CCC(N(C)CCc3ccccc3)CC2)cc1. The van der Waals surface area contributed by atoms with Crippen molar-refractivity contribution in [2.45, 2.75) is 45.2 Å². The number of carbonyl (C=O) groups excluding carboxylic acids is 2. The van der Waals surface area contributed by atoms with Crippen molar-refractivity contribution < 1.29 is 9.59 Å². The Balaban J connectivity index is 1.52. The van der Waals surface area contributed by atoms with Gasteiger partial charge in [0.15, 0.2) is 0 Å². The van der Waals surface area contributed by atoms with Gasteiger partial charge in [0.2, 0.25) is 0 Å². The van der Waals surface area contributed by atoms with E-state index in [0.717, 1.165) is 38.9 Å². The highest BCUT2D eigenvalue weighted by Gasteiger charge is 2.26. The molecule has 1 heterocycles. The third kappa shape index (κ3) is 5.85. The third-order valence-electron chi connectivity index (χ3n) is 6.12. The number of rotatable bonds is 7. The van der Waals surface area contributed by atoms with E-state index in [1.807, 2.05) is 24.8 Å². The number of hydrogen-bond acceptors (Lipinski definition) is 3. The summed E-state index contributed by atoms with van der Waals surface area (Å²) in [5, 5.41) is 0. The Kier molecular flexibility index (Phi) is 7.69. The average molecular weight is 423 g/mol. The Bertz CT molecular complexity index is 859. The number of nitrogens with two attached hydrogens (primary N) is 1. The molecular formula is C25H34N4O2. The van der Waals surface area contributed by atoms with Crippen LogP contribution < -0.4 is 10.6 Å². The van der Waals surface area contributed by atoms with E-state index in [1.54, 1.807) is 24.3 Å². The molecule has 1 aliphatic rings. The second-order valence-corrected chi connectivity index (χ2v) is 8.59. The van der Waals surface area contributed by atoms with Crippen molar-refractivity contribution in [3.8, 4) is 0 Å². The first-order chi connectivity index (χ1) is 14.9. The number of benzene rings is 2. The minimum atomic E-state index is -0.493. The van der Waals surface area contributed by atoms with Gasteiger partial charge in [0.1, 0.15) is 0 Å². The summed E-state index contributed by atoms with van der Waals surface area (Å²) in [5.74, 6) is 0.0483. The Morgan fingerprint density at radius 2 is 1.65 bits per heavy atom. The van der Waals surface area contributed by atoms with E-state index in [4.69, 9.17) is 5.73 Å². The number of anilines is 1. The molecule has 0 radical (unpaired) electrons. The van der Waals surface area contributed by atoms with Crippen LogP contribution in [0.25, 0.3) is 0 Å². The number of carbonyl (C=O) groups is 2. The average Bonchev–Trinajstić information content (AvgIpc) is 2.78. The normalized spacial score (nSPS) is 14.8. The second-order valence-electron chi connectivity index (χ2n) is 8.59. The first-order valence-corrected chi connectivity index (χ1v) is 11.1.